The van der Waals surface area contributed by atoms with Gasteiger partial charge in [-0.3, -0.25) is 0 Å². The molecule has 2 aromatic heterocycles. The summed E-state index contributed by atoms with van der Waals surface area (Å²) in [7, 11) is 0. The fraction of sp³-hybridized carbons (Fsp3) is 0.159. The van der Waals surface area contributed by atoms with E-state index in [2.05, 4.69) is 236 Å². The molecule has 3 heteroatoms. The van der Waals surface area contributed by atoms with Crippen molar-refractivity contribution >= 4 is 71.7 Å². The van der Waals surface area contributed by atoms with Crippen molar-refractivity contribution in [3.05, 3.63) is 220 Å². The Morgan fingerprint density at radius 3 is 1.64 bits per heavy atom. The molecule has 0 saturated carbocycles. The first-order valence-electron chi connectivity index (χ1n) is 25.6. The molecule has 0 aliphatic heterocycles. The van der Waals surface area contributed by atoms with Gasteiger partial charge in [-0.15, -0.1) is 0 Å². The first-order valence-corrected chi connectivity index (χ1v) is 25.6. The lowest BCUT2D eigenvalue weighted by Crippen LogP contribution is -2.24. The molecule has 15 rings (SSSR count). The van der Waals surface area contributed by atoms with Gasteiger partial charge in [-0.1, -0.05) is 174 Å². The quantitative estimate of drug-likeness (QED) is 0.176. The molecule has 10 aromatic carbocycles. The smallest absolute Gasteiger partial charge is 0.144 e. The van der Waals surface area contributed by atoms with E-state index >= 15 is 0 Å². The van der Waals surface area contributed by atoms with Crippen LogP contribution >= 0.6 is 0 Å². The van der Waals surface area contributed by atoms with E-state index in [1.165, 1.54) is 110 Å². The predicted octanol–water partition coefficient (Wildman–Crippen LogP) is 19.3. The van der Waals surface area contributed by atoms with E-state index in [4.69, 9.17) is 8.83 Å². The second-order valence-corrected chi connectivity index (χ2v) is 22.5. The van der Waals surface area contributed by atoms with Crippen LogP contribution in [-0.4, -0.2) is 0 Å². The maximum Gasteiger partial charge on any atom is 0.144 e. The maximum absolute atomic E-state index is 7.01. The Morgan fingerprint density at radius 2 is 0.917 bits per heavy atom. The molecule has 12 aromatic rings. The number of benzene rings is 10. The summed E-state index contributed by atoms with van der Waals surface area (Å²) in [6, 6.07) is 65.5. The van der Waals surface area contributed by atoms with E-state index in [1.54, 1.807) is 0 Å². The molecule has 3 nitrogen and oxygen atoms in total. The molecule has 0 saturated heterocycles. The molecule has 0 amide bonds. The monoisotopic (exact) mass is 927 g/mol. The number of nitrogens with zero attached hydrogens (tertiary/aromatic N) is 1. The molecule has 72 heavy (non-hydrogen) atoms. The minimum atomic E-state index is -0.338. The van der Waals surface area contributed by atoms with Gasteiger partial charge in [0.25, 0.3) is 0 Å². The summed E-state index contributed by atoms with van der Waals surface area (Å²) in [5.41, 5.74) is 27.0. The van der Waals surface area contributed by atoms with Crippen molar-refractivity contribution in [3.8, 4) is 44.5 Å². The summed E-state index contributed by atoms with van der Waals surface area (Å²) >= 11 is 0. The molecular weight excluding hydrogens is 875 g/mol. The van der Waals surface area contributed by atoms with Crippen molar-refractivity contribution in [3.63, 3.8) is 0 Å². The molecule has 0 spiro atoms. The van der Waals surface area contributed by atoms with Crippen LogP contribution in [0.3, 0.4) is 0 Å². The van der Waals surface area contributed by atoms with Crippen molar-refractivity contribution in [1.82, 2.24) is 0 Å². The Balaban J connectivity index is 0.970. The molecule has 3 aliphatic rings. The maximum atomic E-state index is 7.01. The van der Waals surface area contributed by atoms with Gasteiger partial charge in [0.2, 0.25) is 0 Å². The van der Waals surface area contributed by atoms with Crippen molar-refractivity contribution in [1.29, 1.82) is 0 Å². The number of furan rings is 2. The van der Waals surface area contributed by atoms with Crippen molar-refractivity contribution in [2.24, 2.45) is 0 Å². The van der Waals surface area contributed by atoms with E-state index < -0.39 is 0 Å². The second-order valence-electron chi connectivity index (χ2n) is 22.5. The lowest BCUT2D eigenvalue weighted by molar-refractivity contribution is 0.600. The normalized spacial score (nSPS) is 15.3. The SMILES string of the molecule is Cc1ccc(-c2cc3c(c4c2oc2ccccc24)-c2ccc(N(c4ccc5c(c4)C(C)(C)c4c6c(c7oc8ccccc8c7c4-5)-c4ccccc4C6(C)C)c4cccc5ccccc45)cc2C3(C)C)c(C)c1. The standard InChI is InChI=1S/C69H53NO2/c1-38-28-31-43(39(2)34-38)50-37-54-58(60-48-22-12-15-26-56(48)71-65(50)60)46-32-29-41(35-52(46)67(54,3)4)70(55-25-17-19-40-18-9-10-20-44(40)55)42-30-33-47-53(36-42)69(7,8)63-59(47)61-49-23-13-16-27-57(49)72-66(61)62-45-21-11-14-24-51(45)68(5,6)64(62)63/h9-37H,1-8H3. The summed E-state index contributed by atoms with van der Waals surface area (Å²) < 4.78 is 13.9. The number of hydrogen-bond acceptors (Lipinski definition) is 3. The van der Waals surface area contributed by atoms with Gasteiger partial charge in [-0.05, 0) is 140 Å². The highest BCUT2D eigenvalue weighted by atomic mass is 16.3. The Kier molecular flexibility index (Phi) is 8.12. The van der Waals surface area contributed by atoms with Gasteiger partial charge in [-0.2, -0.15) is 0 Å². The number of hydrogen-bond donors (Lipinski definition) is 0. The fourth-order valence-electron chi connectivity index (χ4n) is 14.0. The molecular formula is C69H53NO2. The van der Waals surface area contributed by atoms with Gasteiger partial charge in [-0.25, -0.2) is 0 Å². The zero-order valence-electron chi connectivity index (χ0n) is 42.0. The Bertz CT molecular complexity index is 4390. The fourth-order valence-corrected chi connectivity index (χ4v) is 14.0. The average Bonchev–Trinajstić information content (AvgIpc) is 4.13. The van der Waals surface area contributed by atoms with Gasteiger partial charge in [0.15, 0.2) is 0 Å². The third-order valence-electron chi connectivity index (χ3n) is 17.4. The van der Waals surface area contributed by atoms with Gasteiger partial charge < -0.3 is 13.7 Å². The third-order valence-corrected chi connectivity index (χ3v) is 17.4. The van der Waals surface area contributed by atoms with Crippen LogP contribution in [-0.2, 0) is 16.2 Å². The van der Waals surface area contributed by atoms with E-state index in [1.807, 2.05) is 0 Å². The van der Waals surface area contributed by atoms with Gasteiger partial charge >= 0.3 is 0 Å². The number of para-hydroxylation sites is 2. The van der Waals surface area contributed by atoms with Crippen LogP contribution in [0.4, 0.5) is 17.1 Å². The number of rotatable bonds is 4. The second kappa shape index (κ2) is 14.0. The molecule has 0 fully saturated rings. The Hall–Kier alpha value is -8.14. The predicted molar refractivity (Wildman–Crippen MR) is 301 cm³/mol. The summed E-state index contributed by atoms with van der Waals surface area (Å²) in [6.07, 6.45) is 0. The summed E-state index contributed by atoms with van der Waals surface area (Å²) in [4.78, 5) is 2.53. The minimum absolute atomic E-state index is 0.233. The summed E-state index contributed by atoms with van der Waals surface area (Å²) in [5.74, 6) is 0. The third kappa shape index (κ3) is 5.25. The van der Waals surface area contributed by atoms with Crippen LogP contribution < -0.4 is 4.90 Å². The van der Waals surface area contributed by atoms with Crippen LogP contribution in [0.25, 0.3) is 99.2 Å². The molecule has 0 radical (unpaired) electrons. The van der Waals surface area contributed by atoms with E-state index in [0.29, 0.717) is 0 Å². The van der Waals surface area contributed by atoms with E-state index in [0.717, 1.165) is 50.3 Å². The van der Waals surface area contributed by atoms with Crippen molar-refractivity contribution < 1.29 is 8.83 Å². The lowest BCUT2D eigenvalue weighted by Gasteiger charge is -2.32. The van der Waals surface area contributed by atoms with Crippen LogP contribution in [0.1, 0.15) is 86.1 Å². The minimum Gasteiger partial charge on any atom is -0.455 e. The van der Waals surface area contributed by atoms with Gasteiger partial charge in [0.1, 0.15) is 22.3 Å². The van der Waals surface area contributed by atoms with E-state index in [9.17, 15) is 0 Å². The first-order chi connectivity index (χ1) is 34.8. The van der Waals surface area contributed by atoms with Crippen LogP contribution in [0.15, 0.2) is 185 Å². The molecule has 0 atom stereocenters. The number of aryl methyl sites for hydroxylation is 2. The zero-order valence-corrected chi connectivity index (χ0v) is 42.0. The lowest BCUT2D eigenvalue weighted by atomic mass is 9.72. The molecule has 0 unspecified atom stereocenters. The highest BCUT2D eigenvalue weighted by molar-refractivity contribution is 6.22. The Labute approximate surface area is 420 Å². The van der Waals surface area contributed by atoms with Crippen LogP contribution in [0.5, 0.6) is 0 Å². The van der Waals surface area contributed by atoms with Crippen molar-refractivity contribution in [2.45, 2.75) is 71.6 Å². The summed E-state index contributed by atoms with van der Waals surface area (Å²) in [6.45, 7) is 19.0. The Morgan fingerprint density at radius 1 is 0.375 bits per heavy atom. The van der Waals surface area contributed by atoms with Gasteiger partial charge in [0, 0.05) is 65.7 Å². The highest BCUT2D eigenvalue weighted by Gasteiger charge is 2.49. The number of fused-ring (bicyclic) bond motifs is 20. The average molecular weight is 928 g/mol. The molecule has 3 aliphatic carbocycles. The molecule has 0 N–H and O–H groups in total. The largest absolute Gasteiger partial charge is 0.455 e. The topological polar surface area (TPSA) is 29.5 Å². The van der Waals surface area contributed by atoms with Gasteiger partial charge in [0.05, 0.1) is 5.69 Å². The molecule has 0 bridgehead atoms. The van der Waals surface area contributed by atoms with Crippen LogP contribution in [0.2, 0.25) is 0 Å². The molecule has 346 valence electrons. The first kappa shape index (κ1) is 41.6. The zero-order chi connectivity index (χ0) is 48.7. The van der Waals surface area contributed by atoms with E-state index in [-0.39, 0.29) is 16.2 Å². The summed E-state index contributed by atoms with van der Waals surface area (Å²) in [5, 5.41) is 7.16. The van der Waals surface area contributed by atoms with Crippen LogP contribution in [0, 0.1) is 13.8 Å². The van der Waals surface area contributed by atoms with Crippen molar-refractivity contribution in [2.75, 3.05) is 4.90 Å². The highest BCUT2D eigenvalue weighted by Crippen LogP contribution is 2.64. The number of anilines is 3. The molecule has 2 heterocycles.